The number of esters is 1. The van der Waals surface area contributed by atoms with Crippen molar-refractivity contribution in [3.63, 3.8) is 0 Å². The molecule has 1 saturated heterocycles. The van der Waals surface area contributed by atoms with Gasteiger partial charge in [-0.05, 0) is 21.6 Å². The van der Waals surface area contributed by atoms with Gasteiger partial charge in [-0.15, -0.1) is 16.4 Å². The van der Waals surface area contributed by atoms with Crippen LogP contribution in [0.15, 0.2) is 76.4 Å². The van der Waals surface area contributed by atoms with Crippen LogP contribution in [0.2, 0.25) is 0 Å². The standard InChI is InChI=1S/C30H31N9O10S3.Na.H/c1-30(13-14-40,48-25(18-9-5-3-6-10-18)19-11-7-4-8-12-19)49-35-23(20-16-50-28(31)32-20)26(42)33-24-21(39(27(24)43)52(44,45)46)15-47-22(41)17-51-29-34-36-37-38(29)2;;/h3-12,14,16,21,24-25H,13,15,17H2,1-2H3,(H2,31,32)(H,33,42)(H,44,45,46);;/b35-23-;;. The first-order chi connectivity index (χ1) is 24.8. The number of oxime groups is 1. The molecule has 5 rings (SSSR count). The molecule has 2 aromatic heterocycles. The third-order valence-electron chi connectivity index (χ3n) is 7.36. The van der Waals surface area contributed by atoms with Crippen LogP contribution in [-0.4, -0.2) is 132 Å². The van der Waals surface area contributed by atoms with Crippen molar-refractivity contribution >= 4 is 97.9 Å². The minimum atomic E-state index is -5.12. The molecule has 1 aliphatic heterocycles. The van der Waals surface area contributed by atoms with Gasteiger partial charge in [-0.3, -0.25) is 18.9 Å². The predicted octanol–water partition coefficient (Wildman–Crippen LogP) is 0.266. The third kappa shape index (κ3) is 10.4. The number of hydrogen-bond donors (Lipinski definition) is 3. The monoisotopic (exact) mass is 797 g/mol. The predicted molar refractivity (Wildman–Crippen MR) is 191 cm³/mol. The van der Waals surface area contributed by atoms with Gasteiger partial charge in [0.2, 0.25) is 10.9 Å². The fourth-order valence-electron chi connectivity index (χ4n) is 4.86. The van der Waals surface area contributed by atoms with E-state index in [4.69, 9.17) is 20.0 Å². The number of carbonyl (C=O) groups is 4. The molecular weight excluding hydrogens is 766 g/mol. The Balaban J connectivity index is 0.00000627. The molecule has 3 heterocycles. The third-order valence-corrected chi connectivity index (χ3v) is 9.96. The molecule has 53 heavy (non-hydrogen) atoms. The molecule has 1 fully saturated rings. The van der Waals surface area contributed by atoms with E-state index in [0.29, 0.717) is 11.4 Å². The average Bonchev–Trinajstić information content (AvgIpc) is 3.74. The zero-order valence-corrected chi connectivity index (χ0v) is 29.8. The Bertz CT molecular complexity index is 2010. The summed E-state index contributed by atoms with van der Waals surface area (Å²) in [5.74, 6) is -5.20. The SMILES string of the molecule is Cn1nnnc1SCC(=O)OCC1C(NC(=O)/C(=N\OC(C)(CC=O)OC(c2ccccc2)c2ccccc2)c2csc(N)n2)C(=O)N1S(=O)(=O)O.[NaH]. The summed E-state index contributed by atoms with van der Waals surface area (Å²) >= 11 is 1.89. The summed E-state index contributed by atoms with van der Waals surface area (Å²) in [5, 5.41) is 18.9. The molecule has 19 nitrogen and oxygen atoms in total. The van der Waals surface area contributed by atoms with Gasteiger partial charge in [0.1, 0.15) is 36.8 Å². The quantitative estimate of drug-likeness (QED) is 0.0149. The molecule has 4 N–H and O–H groups in total. The Morgan fingerprint density at radius 1 is 1.17 bits per heavy atom. The Morgan fingerprint density at radius 3 is 2.34 bits per heavy atom. The molecule has 1 aliphatic rings. The number of nitrogens with zero attached hydrogens (tertiary/aromatic N) is 7. The van der Waals surface area contributed by atoms with Crippen LogP contribution in [0.3, 0.4) is 0 Å². The normalized spacial score (nSPS) is 16.9. The number of thiazole rings is 1. The van der Waals surface area contributed by atoms with E-state index < -0.39 is 64.4 Å². The molecule has 3 unspecified atom stereocenters. The van der Waals surface area contributed by atoms with Gasteiger partial charge in [-0.2, -0.15) is 8.42 Å². The van der Waals surface area contributed by atoms with Gasteiger partial charge in [0.15, 0.2) is 10.8 Å². The second-order valence-corrected chi connectivity index (χ2v) is 14.2. The van der Waals surface area contributed by atoms with Crippen molar-refractivity contribution in [1.82, 2.24) is 34.8 Å². The molecular formula is C30H32N9NaO10S3. The fourth-order valence-corrected chi connectivity index (χ4v) is 6.92. The molecule has 276 valence electrons. The van der Waals surface area contributed by atoms with Gasteiger partial charge in [0.05, 0.1) is 12.2 Å². The molecule has 4 aromatic rings. The van der Waals surface area contributed by atoms with Crippen LogP contribution in [0.25, 0.3) is 0 Å². The zero-order chi connectivity index (χ0) is 37.5. The number of aryl methyl sites for hydroxylation is 1. The molecule has 23 heteroatoms. The summed E-state index contributed by atoms with van der Waals surface area (Å²) in [5.41, 5.74) is 6.66. The number of aldehydes is 1. The molecule has 0 spiro atoms. The summed E-state index contributed by atoms with van der Waals surface area (Å²) in [6.45, 7) is 0.711. The minimum absolute atomic E-state index is 0. The van der Waals surface area contributed by atoms with E-state index in [2.05, 4.69) is 31.0 Å². The Hall–Kier alpha value is -4.29. The van der Waals surface area contributed by atoms with Crippen molar-refractivity contribution in [1.29, 1.82) is 0 Å². The molecule has 0 saturated carbocycles. The van der Waals surface area contributed by atoms with E-state index in [-0.39, 0.29) is 56.9 Å². The van der Waals surface area contributed by atoms with Crippen molar-refractivity contribution < 1.29 is 46.5 Å². The number of thioether (sulfide) groups is 1. The first-order valence-electron chi connectivity index (χ1n) is 15.1. The van der Waals surface area contributed by atoms with Crippen LogP contribution in [0, 0.1) is 0 Å². The second kappa shape index (κ2) is 18.2. The number of nitrogens with one attached hydrogen (secondary N) is 1. The topological polar surface area (TPSA) is 260 Å². The first-order valence-corrected chi connectivity index (χ1v) is 18.4. The Kier molecular flexibility index (Phi) is 14.2. The van der Waals surface area contributed by atoms with Crippen LogP contribution in [0.1, 0.15) is 36.3 Å². The molecule has 2 amide bonds. The number of nitrogens with two attached hydrogens (primary N) is 1. The molecule has 0 bridgehead atoms. The number of hydrogen-bond acceptors (Lipinski definition) is 17. The van der Waals surface area contributed by atoms with Gasteiger partial charge in [0.25, 0.3) is 11.8 Å². The number of anilines is 1. The Labute approximate surface area is 332 Å². The number of aromatic nitrogens is 5. The van der Waals surface area contributed by atoms with Crippen molar-refractivity contribution in [3.05, 3.63) is 82.9 Å². The summed E-state index contributed by atoms with van der Waals surface area (Å²) in [6, 6.07) is 15.1. The van der Waals surface area contributed by atoms with Crippen LogP contribution in [-0.2, 0) is 50.8 Å². The van der Waals surface area contributed by atoms with Gasteiger partial charge in [-0.25, -0.2) is 14.0 Å². The van der Waals surface area contributed by atoms with Gasteiger partial charge in [-0.1, -0.05) is 77.6 Å². The summed E-state index contributed by atoms with van der Waals surface area (Å²) in [6.07, 6.45) is -0.536. The number of benzene rings is 2. The number of nitrogen functional groups attached to an aromatic ring is 1. The van der Waals surface area contributed by atoms with Crippen molar-refractivity contribution in [3.8, 4) is 0 Å². The van der Waals surface area contributed by atoms with Gasteiger partial charge in [0, 0.05) is 19.4 Å². The molecule has 3 atom stereocenters. The van der Waals surface area contributed by atoms with Crippen molar-refractivity contribution in [2.45, 2.75) is 42.5 Å². The van der Waals surface area contributed by atoms with Crippen LogP contribution in [0.5, 0.6) is 0 Å². The van der Waals surface area contributed by atoms with E-state index >= 15 is 0 Å². The fraction of sp³-hybridized carbons (Fsp3) is 0.300. The van der Waals surface area contributed by atoms with Crippen LogP contribution < -0.4 is 11.1 Å². The van der Waals surface area contributed by atoms with E-state index in [1.807, 2.05) is 60.7 Å². The van der Waals surface area contributed by atoms with E-state index in [1.54, 1.807) is 7.05 Å². The summed E-state index contributed by atoms with van der Waals surface area (Å²) in [7, 11) is -3.57. The number of carbonyl (C=O) groups excluding carboxylic acids is 4. The van der Waals surface area contributed by atoms with Gasteiger partial charge >= 0.3 is 45.8 Å². The molecule has 0 aliphatic carbocycles. The van der Waals surface area contributed by atoms with Crippen molar-refractivity contribution in [2.75, 3.05) is 18.1 Å². The van der Waals surface area contributed by atoms with Gasteiger partial charge < -0.3 is 30.2 Å². The zero-order valence-electron chi connectivity index (χ0n) is 27.3. The van der Waals surface area contributed by atoms with Crippen LogP contribution >= 0.6 is 23.1 Å². The molecule has 2 aromatic carbocycles. The Morgan fingerprint density at radius 2 is 1.81 bits per heavy atom. The first kappa shape index (κ1) is 41.5. The van der Waals surface area contributed by atoms with Crippen molar-refractivity contribution in [2.24, 2.45) is 12.2 Å². The number of amides is 2. The second-order valence-electron chi connectivity index (χ2n) is 11.1. The van der Waals surface area contributed by atoms with E-state index in [9.17, 15) is 32.1 Å². The number of rotatable bonds is 17. The summed E-state index contributed by atoms with van der Waals surface area (Å²) < 4.78 is 46.7. The summed E-state index contributed by atoms with van der Waals surface area (Å²) in [4.78, 5) is 60.8. The number of ether oxygens (including phenoxy) is 2. The van der Waals surface area contributed by atoms with Crippen LogP contribution in [0.4, 0.5) is 5.13 Å². The maximum absolute atomic E-state index is 13.7. The number of β-lactam (4-membered cyclic amide) rings is 1. The average molecular weight is 798 g/mol. The van der Waals surface area contributed by atoms with E-state index in [1.165, 1.54) is 17.0 Å². The number of tetrazole rings is 1. The maximum atomic E-state index is 13.7. The molecule has 0 radical (unpaired) electrons. The van der Waals surface area contributed by atoms with E-state index in [0.717, 1.165) is 34.2 Å².